The molecule has 0 saturated carbocycles. The summed E-state index contributed by atoms with van der Waals surface area (Å²) in [6, 6.07) is 10.8. The second-order valence-electron chi connectivity index (χ2n) is 5.93. The highest BCUT2D eigenvalue weighted by atomic mass is 14.7. The molecular weight excluding hydrogens is 244 g/mol. The topological polar surface area (TPSA) is 38.9 Å². The summed E-state index contributed by atoms with van der Waals surface area (Å²) in [5, 5.41) is 0. The minimum absolute atomic E-state index is 0.0459. The highest BCUT2D eigenvalue weighted by Gasteiger charge is 2.28. The van der Waals surface area contributed by atoms with Gasteiger partial charge in [0.15, 0.2) is 0 Å². The summed E-state index contributed by atoms with van der Waals surface area (Å²) in [7, 11) is 0. The highest BCUT2D eigenvalue weighted by molar-refractivity contribution is 5.36. The van der Waals surface area contributed by atoms with Gasteiger partial charge in [0, 0.05) is 23.9 Å². The third kappa shape index (κ3) is 2.36. The zero-order valence-electron chi connectivity index (χ0n) is 12.3. The number of aryl methyl sites for hydroxylation is 3. The lowest BCUT2D eigenvalue weighted by Crippen LogP contribution is -2.25. The van der Waals surface area contributed by atoms with E-state index < -0.39 is 0 Å². The second-order valence-corrected chi connectivity index (χ2v) is 5.93. The lowest BCUT2D eigenvalue weighted by atomic mass is 9.79. The summed E-state index contributed by atoms with van der Waals surface area (Å²) in [6.45, 7) is 4.28. The van der Waals surface area contributed by atoms with Crippen molar-refractivity contribution in [3.8, 4) is 0 Å². The number of pyridine rings is 1. The maximum absolute atomic E-state index is 6.60. The van der Waals surface area contributed by atoms with E-state index >= 15 is 0 Å². The summed E-state index contributed by atoms with van der Waals surface area (Å²) in [4.78, 5) is 4.61. The van der Waals surface area contributed by atoms with Crippen molar-refractivity contribution in [1.29, 1.82) is 0 Å². The molecule has 1 heterocycles. The Morgan fingerprint density at radius 3 is 2.90 bits per heavy atom. The van der Waals surface area contributed by atoms with Crippen LogP contribution in [0.1, 0.15) is 52.7 Å². The van der Waals surface area contributed by atoms with Crippen molar-refractivity contribution < 1.29 is 0 Å². The summed E-state index contributed by atoms with van der Waals surface area (Å²) < 4.78 is 0. The molecule has 3 rings (SSSR count). The van der Waals surface area contributed by atoms with Crippen LogP contribution in [-0.4, -0.2) is 4.98 Å². The monoisotopic (exact) mass is 266 g/mol. The number of rotatable bonds is 2. The number of hydrogen-bond acceptors (Lipinski definition) is 2. The number of benzene rings is 1. The molecular formula is C18H22N2. The van der Waals surface area contributed by atoms with Crippen LogP contribution in [0.15, 0.2) is 36.5 Å². The molecule has 0 fully saturated rings. The number of hydrogen-bond donors (Lipinski definition) is 1. The van der Waals surface area contributed by atoms with Crippen molar-refractivity contribution in [3.05, 3.63) is 64.5 Å². The summed E-state index contributed by atoms with van der Waals surface area (Å²) in [5.74, 6) is 0.348. The van der Waals surface area contributed by atoms with Crippen molar-refractivity contribution in [2.45, 2.75) is 45.1 Å². The Labute approximate surface area is 121 Å². The lowest BCUT2D eigenvalue weighted by molar-refractivity contribution is 0.461. The molecule has 1 aliphatic carbocycles. The fourth-order valence-corrected chi connectivity index (χ4v) is 3.41. The largest absolute Gasteiger partial charge is 0.323 e. The molecule has 2 heteroatoms. The molecule has 1 aliphatic rings. The quantitative estimate of drug-likeness (QED) is 0.897. The zero-order chi connectivity index (χ0) is 14.1. The number of nitrogens with two attached hydrogens (primary N) is 1. The molecule has 104 valence electrons. The van der Waals surface area contributed by atoms with Gasteiger partial charge in [0.1, 0.15) is 0 Å². The minimum atomic E-state index is 0.0459. The third-order valence-corrected chi connectivity index (χ3v) is 4.46. The van der Waals surface area contributed by atoms with Gasteiger partial charge in [0.2, 0.25) is 0 Å². The van der Waals surface area contributed by atoms with Gasteiger partial charge in [-0.15, -0.1) is 0 Å². The first-order valence-corrected chi connectivity index (χ1v) is 7.43. The van der Waals surface area contributed by atoms with Crippen LogP contribution in [0.3, 0.4) is 0 Å². The van der Waals surface area contributed by atoms with E-state index in [1.807, 2.05) is 12.3 Å². The van der Waals surface area contributed by atoms with Crippen molar-refractivity contribution in [2.75, 3.05) is 0 Å². The number of nitrogens with zero attached hydrogens (tertiary/aromatic N) is 1. The third-order valence-electron chi connectivity index (χ3n) is 4.46. The molecule has 1 aromatic carbocycles. The Kier molecular flexibility index (Phi) is 3.58. The SMILES string of the molecule is Cc1ccc(C(N)C2CCCc3cccnc32)c(C)c1. The molecule has 2 nitrogen and oxygen atoms in total. The van der Waals surface area contributed by atoms with Crippen LogP contribution in [0.2, 0.25) is 0 Å². The Hall–Kier alpha value is -1.67. The lowest BCUT2D eigenvalue weighted by Gasteiger charge is -2.30. The molecule has 0 saturated heterocycles. The van der Waals surface area contributed by atoms with Crippen molar-refractivity contribution in [1.82, 2.24) is 4.98 Å². The molecule has 0 radical (unpaired) electrons. The fourth-order valence-electron chi connectivity index (χ4n) is 3.41. The predicted octanol–water partition coefficient (Wildman–Crippen LogP) is 3.82. The predicted molar refractivity (Wildman–Crippen MR) is 82.8 cm³/mol. The van der Waals surface area contributed by atoms with Crippen molar-refractivity contribution >= 4 is 0 Å². The van der Waals surface area contributed by atoms with Gasteiger partial charge in [-0.1, -0.05) is 29.8 Å². The molecule has 0 aliphatic heterocycles. The van der Waals surface area contributed by atoms with Gasteiger partial charge < -0.3 is 5.73 Å². The Morgan fingerprint density at radius 2 is 2.10 bits per heavy atom. The van der Waals surface area contributed by atoms with Crippen LogP contribution in [0.4, 0.5) is 0 Å². The first kappa shape index (κ1) is 13.3. The van der Waals surface area contributed by atoms with E-state index in [1.165, 1.54) is 34.4 Å². The molecule has 20 heavy (non-hydrogen) atoms. The van der Waals surface area contributed by atoms with Crippen LogP contribution < -0.4 is 5.73 Å². The molecule has 0 amide bonds. The van der Waals surface area contributed by atoms with Gasteiger partial charge in [0.05, 0.1) is 0 Å². The smallest absolute Gasteiger partial charge is 0.0485 e. The van der Waals surface area contributed by atoms with E-state index in [2.05, 4.69) is 43.1 Å². The maximum Gasteiger partial charge on any atom is 0.0485 e. The molecule has 0 spiro atoms. The number of fused-ring (bicyclic) bond motifs is 1. The van der Waals surface area contributed by atoms with Crippen molar-refractivity contribution in [2.24, 2.45) is 5.73 Å². The summed E-state index contributed by atoms with van der Waals surface area (Å²) >= 11 is 0. The van der Waals surface area contributed by atoms with Gasteiger partial charge in [-0.3, -0.25) is 4.98 Å². The fraction of sp³-hybridized carbons (Fsp3) is 0.389. The second kappa shape index (κ2) is 5.37. The van der Waals surface area contributed by atoms with Crippen LogP contribution in [0.25, 0.3) is 0 Å². The molecule has 2 atom stereocenters. The summed E-state index contributed by atoms with van der Waals surface area (Å²) in [5.41, 5.74) is 13.0. The maximum atomic E-state index is 6.60. The van der Waals surface area contributed by atoms with Gasteiger partial charge in [-0.25, -0.2) is 0 Å². The highest BCUT2D eigenvalue weighted by Crippen LogP contribution is 2.38. The van der Waals surface area contributed by atoms with Gasteiger partial charge in [-0.05, 0) is 55.9 Å². The van der Waals surface area contributed by atoms with Gasteiger partial charge in [-0.2, -0.15) is 0 Å². The molecule has 0 bridgehead atoms. The standard InChI is InChI=1S/C18H22N2/c1-12-8-9-15(13(2)11-12)17(19)16-7-3-5-14-6-4-10-20-18(14)16/h4,6,8-11,16-17H,3,5,7,19H2,1-2H3. The van der Waals surface area contributed by atoms with Crippen LogP contribution in [0, 0.1) is 13.8 Å². The molecule has 1 aromatic heterocycles. The normalized spacial score (nSPS) is 19.4. The minimum Gasteiger partial charge on any atom is -0.323 e. The van der Waals surface area contributed by atoms with E-state index in [4.69, 9.17) is 5.73 Å². The Balaban J connectivity index is 1.97. The zero-order valence-corrected chi connectivity index (χ0v) is 12.3. The van der Waals surface area contributed by atoms with E-state index in [-0.39, 0.29) is 6.04 Å². The van der Waals surface area contributed by atoms with Crippen LogP contribution in [-0.2, 0) is 6.42 Å². The van der Waals surface area contributed by atoms with Crippen LogP contribution in [0.5, 0.6) is 0 Å². The molecule has 2 aromatic rings. The molecule has 2 N–H and O–H groups in total. The van der Waals surface area contributed by atoms with Gasteiger partial charge >= 0.3 is 0 Å². The summed E-state index contributed by atoms with van der Waals surface area (Å²) in [6.07, 6.45) is 5.38. The van der Waals surface area contributed by atoms with E-state index in [9.17, 15) is 0 Å². The average Bonchev–Trinajstić information content (AvgIpc) is 2.46. The molecule has 2 unspecified atom stereocenters. The van der Waals surface area contributed by atoms with E-state index in [1.54, 1.807) is 0 Å². The Morgan fingerprint density at radius 1 is 1.25 bits per heavy atom. The van der Waals surface area contributed by atoms with Gasteiger partial charge in [0.25, 0.3) is 0 Å². The first-order valence-electron chi connectivity index (χ1n) is 7.43. The van der Waals surface area contributed by atoms with E-state index in [0.29, 0.717) is 5.92 Å². The first-order chi connectivity index (χ1) is 9.66. The Bertz CT molecular complexity index is 619. The van der Waals surface area contributed by atoms with Crippen LogP contribution >= 0.6 is 0 Å². The average molecular weight is 266 g/mol. The van der Waals surface area contributed by atoms with Crippen molar-refractivity contribution in [3.63, 3.8) is 0 Å². The van der Waals surface area contributed by atoms with E-state index in [0.717, 1.165) is 12.8 Å². The number of aromatic nitrogens is 1.